The first-order valence-electron chi connectivity index (χ1n) is 13.7. The fraction of sp³-hybridized carbons (Fsp3) is 0.469. The molecule has 3 aliphatic rings. The van der Waals surface area contributed by atoms with Gasteiger partial charge in [-0.1, -0.05) is 56.0 Å². The summed E-state index contributed by atoms with van der Waals surface area (Å²) in [7, 11) is 0. The highest BCUT2D eigenvalue weighted by Gasteiger charge is 2.39. The van der Waals surface area contributed by atoms with E-state index in [1.165, 1.54) is 27.8 Å². The molecule has 4 nitrogen and oxygen atoms in total. The van der Waals surface area contributed by atoms with Crippen LogP contribution in [0.5, 0.6) is 0 Å². The number of fused-ring (bicyclic) bond motifs is 1. The number of hydrogen-bond acceptors (Lipinski definition) is 4. The monoisotopic (exact) mass is 481 g/mol. The lowest BCUT2D eigenvalue weighted by atomic mass is 9.82. The first-order valence-corrected chi connectivity index (χ1v) is 13.7. The topological polar surface area (TPSA) is 45.0 Å². The number of carbonyl (C=O) groups is 1. The number of ketones is 1. The summed E-state index contributed by atoms with van der Waals surface area (Å²) in [4.78, 5) is 24.7. The van der Waals surface area contributed by atoms with E-state index in [1.54, 1.807) is 0 Å². The lowest BCUT2D eigenvalue weighted by Gasteiger charge is -2.38. The summed E-state index contributed by atoms with van der Waals surface area (Å²) >= 11 is 0. The zero-order valence-corrected chi connectivity index (χ0v) is 21.8. The average molecular weight is 482 g/mol. The van der Waals surface area contributed by atoms with Crippen LogP contribution in [0.3, 0.4) is 0 Å². The zero-order valence-electron chi connectivity index (χ0n) is 21.8. The van der Waals surface area contributed by atoms with Gasteiger partial charge in [0.2, 0.25) is 0 Å². The lowest BCUT2D eigenvalue weighted by Crippen LogP contribution is -2.37. The molecule has 2 fully saturated rings. The van der Waals surface area contributed by atoms with Crippen LogP contribution in [0.2, 0.25) is 0 Å². The minimum Gasteiger partial charge on any atom is -0.374 e. The third-order valence-corrected chi connectivity index (χ3v) is 8.56. The van der Waals surface area contributed by atoms with E-state index in [0.717, 1.165) is 63.9 Å². The molecule has 3 unspecified atom stereocenters. The van der Waals surface area contributed by atoms with Crippen LogP contribution in [0.25, 0.3) is 11.1 Å². The fourth-order valence-electron chi connectivity index (χ4n) is 6.41. The Bertz CT molecular complexity index is 1170. The predicted molar refractivity (Wildman–Crippen MR) is 150 cm³/mol. The van der Waals surface area contributed by atoms with Gasteiger partial charge in [-0.05, 0) is 78.5 Å². The molecular weight excluding hydrogens is 442 g/mol. The van der Waals surface area contributed by atoms with Gasteiger partial charge in [0.05, 0.1) is 12.6 Å². The number of aliphatic imine (C=N–C) groups is 2. The van der Waals surface area contributed by atoms with Gasteiger partial charge in [-0.15, -0.1) is 0 Å². The predicted octanol–water partition coefficient (Wildman–Crippen LogP) is 6.64. The minimum absolute atomic E-state index is 0.0347. The number of likely N-dealkylation sites (tertiary alicyclic amines) is 1. The largest absolute Gasteiger partial charge is 0.374 e. The third kappa shape index (κ3) is 5.09. The van der Waals surface area contributed by atoms with Crippen LogP contribution < -0.4 is 0 Å². The van der Waals surface area contributed by atoms with Crippen LogP contribution in [0.4, 0.5) is 0 Å². The Kier molecular flexibility index (Phi) is 7.50. The van der Waals surface area contributed by atoms with Crippen molar-refractivity contribution in [2.24, 2.45) is 21.8 Å². The Morgan fingerprint density at radius 3 is 2.81 bits per heavy atom. The summed E-state index contributed by atoms with van der Waals surface area (Å²) < 4.78 is 0. The Morgan fingerprint density at radius 1 is 1.19 bits per heavy atom. The molecule has 0 spiro atoms. The molecule has 36 heavy (non-hydrogen) atoms. The molecule has 5 rings (SSSR count). The molecule has 2 aromatic rings. The molecule has 4 heteroatoms. The SMILES string of the molecule is C=C(C(C)N=CCC)N1CCC(C2CC(=O)C(c3cccc(-c4cccc5c4CC=NC5)c3)C2)CC1. The van der Waals surface area contributed by atoms with E-state index in [0.29, 0.717) is 17.6 Å². The van der Waals surface area contributed by atoms with Crippen molar-refractivity contribution < 1.29 is 4.79 Å². The van der Waals surface area contributed by atoms with Crippen LogP contribution in [0.1, 0.15) is 68.6 Å². The molecule has 3 atom stereocenters. The van der Waals surface area contributed by atoms with E-state index in [-0.39, 0.29) is 12.0 Å². The molecule has 0 bridgehead atoms. The Balaban J connectivity index is 1.24. The summed E-state index contributed by atoms with van der Waals surface area (Å²) in [6.45, 7) is 11.4. The fourth-order valence-corrected chi connectivity index (χ4v) is 6.41. The van der Waals surface area contributed by atoms with Crippen molar-refractivity contribution in [1.82, 2.24) is 4.90 Å². The van der Waals surface area contributed by atoms with Crippen LogP contribution >= 0.6 is 0 Å². The van der Waals surface area contributed by atoms with Crippen LogP contribution in [-0.4, -0.2) is 42.2 Å². The summed E-state index contributed by atoms with van der Waals surface area (Å²) in [6.07, 6.45) is 9.87. The maximum absolute atomic E-state index is 13.2. The molecule has 1 saturated carbocycles. The van der Waals surface area contributed by atoms with E-state index in [4.69, 9.17) is 0 Å². The van der Waals surface area contributed by atoms with Crippen molar-refractivity contribution in [1.29, 1.82) is 0 Å². The molecule has 0 amide bonds. The van der Waals surface area contributed by atoms with Crippen molar-refractivity contribution in [2.75, 3.05) is 13.1 Å². The maximum atomic E-state index is 13.2. The van der Waals surface area contributed by atoms with Gasteiger partial charge in [-0.3, -0.25) is 14.8 Å². The van der Waals surface area contributed by atoms with Crippen LogP contribution in [0.15, 0.2) is 64.7 Å². The highest BCUT2D eigenvalue weighted by molar-refractivity contribution is 5.88. The molecule has 188 valence electrons. The second-order valence-electron chi connectivity index (χ2n) is 10.7. The van der Waals surface area contributed by atoms with Crippen molar-refractivity contribution in [3.63, 3.8) is 0 Å². The molecule has 1 saturated heterocycles. The first-order chi connectivity index (χ1) is 17.5. The number of benzene rings is 2. The summed E-state index contributed by atoms with van der Waals surface area (Å²) in [5.41, 5.74) is 7.52. The molecular formula is C32H39N3O. The number of hydrogen-bond donors (Lipinski definition) is 0. The van der Waals surface area contributed by atoms with Crippen molar-refractivity contribution in [2.45, 2.75) is 70.9 Å². The molecule has 1 aliphatic carbocycles. The second kappa shape index (κ2) is 10.9. The van der Waals surface area contributed by atoms with Crippen molar-refractivity contribution >= 4 is 18.2 Å². The first kappa shape index (κ1) is 24.7. The number of Topliss-reactive ketones (excluding diaryl/α,β-unsaturated/α-hetero) is 1. The summed E-state index contributed by atoms with van der Waals surface area (Å²) in [5.74, 6) is 1.58. The highest BCUT2D eigenvalue weighted by atomic mass is 16.1. The van der Waals surface area contributed by atoms with Gasteiger partial charge in [0.25, 0.3) is 0 Å². The quantitative estimate of drug-likeness (QED) is 0.416. The molecule has 2 aromatic carbocycles. The summed E-state index contributed by atoms with van der Waals surface area (Å²) in [5, 5.41) is 0. The Morgan fingerprint density at radius 2 is 2.00 bits per heavy atom. The maximum Gasteiger partial charge on any atom is 0.140 e. The highest BCUT2D eigenvalue weighted by Crippen LogP contribution is 2.43. The molecule has 2 heterocycles. The third-order valence-electron chi connectivity index (χ3n) is 8.56. The zero-order chi connectivity index (χ0) is 25.1. The molecule has 0 aromatic heterocycles. The Hall–Kier alpha value is -3.01. The number of nitrogens with zero attached hydrogens (tertiary/aromatic N) is 3. The van der Waals surface area contributed by atoms with Gasteiger partial charge in [0.1, 0.15) is 5.78 Å². The van der Waals surface area contributed by atoms with Gasteiger partial charge >= 0.3 is 0 Å². The van der Waals surface area contributed by atoms with Crippen molar-refractivity contribution in [3.05, 3.63) is 71.4 Å². The number of rotatable bonds is 7. The molecule has 0 N–H and O–H groups in total. The van der Waals surface area contributed by atoms with Gasteiger partial charge in [-0.2, -0.15) is 0 Å². The van der Waals surface area contributed by atoms with Gasteiger partial charge < -0.3 is 4.90 Å². The van der Waals surface area contributed by atoms with Gasteiger partial charge in [0, 0.05) is 43.8 Å². The molecule has 2 aliphatic heterocycles. The number of piperidine rings is 1. The van der Waals surface area contributed by atoms with E-state index in [2.05, 4.69) is 77.8 Å². The summed E-state index contributed by atoms with van der Waals surface area (Å²) in [6, 6.07) is 15.4. The lowest BCUT2D eigenvalue weighted by molar-refractivity contribution is -0.118. The smallest absolute Gasteiger partial charge is 0.140 e. The number of carbonyl (C=O) groups excluding carboxylic acids is 1. The van der Waals surface area contributed by atoms with Crippen LogP contribution in [0, 0.1) is 11.8 Å². The van der Waals surface area contributed by atoms with E-state index < -0.39 is 0 Å². The normalized spacial score (nSPS) is 23.3. The van der Waals surface area contributed by atoms with Gasteiger partial charge in [-0.25, -0.2) is 0 Å². The second-order valence-corrected chi connectivity index (χ2v) is 10.7. The van der Waals surface area contributed by atoms with E-state index >= 15 is 0 Å². The minimum atomic E-state index is 0.0347. The standard InChI is InChI=1S/C32H39N3O/c1-4-14-34-22(2)23(3)35-16-12-24(13-17-35)28-19-31(32(36)20-28)26-8-5-7-25(18-26)29-10-6-9-27-21-33-15-11-30(27)29/h5-10,14-15,18,22,24,28,31H,3-4,11-13,16-17,19-21H2,1-2H3. The van der Waals surface area contributed by atoms with Gasteiger partial charge in [0.15, 0.2) is 0 Å². The van der Waals surface area contributed by atoms with Crippen molar-refractivity contribution in [3.8, 4) is 11.1 Å². The Labute approximate surface area is 216 Å². The van der Waals surface area contributed by atoms with E-state index in [9.17, 15) is 4.79 Å². The average Bonchev–Trinajstić information content (AvgIpc) is 3.32. The van der Waals surface area contributed by atoms with E-state index in [1.807, 2.05) is 12.4 Å². The molecule has 0 radical (unpaired) electrons. The van der Waals surface area contributed by atoms with Crippen LogP contribution in [-0.2, 0) is 17.8 Å².